The van der Waals surface area contributed by atoms with Gasteiger partial charge in [0.05, 0.1) is 18.3 Å². The number of ketones is 3. The minimum absolute atomic E-state index is 0.00380. The Morgan fingerprint density at radius 1 is 0.934 bits per heavy atom. The number of aliphatic hydroxyl groups excluding tert-OH is 1. The number of rotatable bonds is 7. The lowest BCUT2D eigenvalue weighted by Gasteiger charge is -2.47. The van der Waals surface area contributed by atoms with Crippen molar-refractivity contribution in [2.75, 3.05) is 20.8 Å². The number of carbonyl (C=O) groups is 5. The van der Waals surface area contributed by atoms with E-state index in [1.165, 1.54) is 19.1 Å². The summed E-state index contributed by atoms with van der Waals surface area (Å²) in [7, 11) is 3.06. The summed E-state index contributed by atoms with van der Waals surface area (Å²) in [6.45, 7) is 11.2. The van der Waals surface area contributed by atoms with Gasteiger partial charge in [0, 0.05) is 51.4 Å². The molecule has 0 radical (unpaired) electrons. The van der Waals surface area contributed by atoms with E-state index < -0.39 is 83.9 Å². The fourth-order valence-electron chi connectivity index (χ4n) is 9.78. The molecule has 1 amide bonds. The van der Waals surface area contributed by atoms with Gasteiger partial charge >= 0.3 is 5.97 Å². The Bertz CT molecular complexity index is 1760. The van der Waals surface area contributed by atoms with Crippen LogP contribution in [-0.2, 0) is 42.9 Å². The topological polar surface area (TPSA) is 175 Å². The van der Waals surface area contributed by atoms with E-state index in [4.69, 9.17) is 23.7 Å². The molecule has 2 saturated heterocycles. The van der Waals surface area contributed by atoms with Gasteiger partial charge in [0.15, 0.2) is 11.9 Å². The molecule has 1 aromatic rings. The first-order valence-electron chi connectivity index (χ1n) is 22.3. The minimum Gasteiger partial charge on any atom is -0.483 e. The summed E-state index contributed by atoms with van der Waals surface area (Å²) >= 11 is 0. The summed E-state index contributed by atoms with van der Waals surface area (Å²) in [5.74, 6) is -7.20. The van der Waals surface area contributed by atoms with E-state index in [-0.39, 0.29) is 49.2 Å². The van der Waals surface area contributed by atoms with Crippen molar-refractivity contribution in [2.45, 2.75) is 161 Å². The molecule has 13 unspecified atom stereocenters. The molecule has 3 aliphatic heterocycles. The Hall–Kier alpha value is -3.75. The van der Waals surface area contributed by atoms with Gasteiger partial charge in [-0.05, 0) is 101 Å². The standard InChI is InChI=1S/C48H69NO12/c1-9-34-22-28(2)21-29(3)23-41(57-7)44-42(58-8)25-31(5)48(56,61-44)45(53)46(54)49-20-14-13-17-36(49)47(55)60-43(32(6)38(51)27-39(34)52)30(4)24-33-18-19-37(50)40(26-33)59-35-15-11-10-12-16-35/h10-12,15-16,22,24,29,31-34,36,38,40-44,51,56H,9,13-14,17-21,23,25-27H2,1-8H3. The maximum atomic E-state index is 14.4. The number of fused-ring (bicyclic) bond motifs is 3. The molecule has 1 saturated carbocycles. The number of methoxy groups -OCH3 is 2. The van der Waals surface area contributed by atoms with Gasteiger partial charge in [-0.25, -0.2) is 4.79 Å². The number of amides is 1. The number of nitrogens with zero attached hydrogens (tertiary/aromatic N) is 1. The molecule has 2 bridgehead atoms. The molecule has 61 heavy (non-hydrogen) atoms. The van der Waals surface area contributed by atoms with E-state index in [9.17, 15) is 34.2 Å². The SMILES string of the molecule is CCC1C=C(C)CC(C)CC(OC)C2OC(O)(C(=O)C(=O)N3CCCCC3C(=O)OC(C(C)=CC3CCC(=O)C(Oc4ccccc4)C3)C(C)C(O)CC1=O)C(C)CC2OC. The predicted octanol–water partition coefficient (Wildman–Crippen LogP) is 6.11. The molecule has 2 N–H and O–H groups in total. The van der Waals surface area contributed by atoms with E-state index in [0.717, 1.165) is 5.57 Å². The Kier molecular flexibility index (Phi) is 17.1. The van der Waals surface area contributed by atoms with Crippen LogP contribution in [0.3, 0.4) is 0 Å². The van der Waals surface area contributed by atoms with Crippen molar-refractivity contribution in [3.8, 4) is 5.75 Å². The zero-order chi connectivity index (χ0) is 44.6. The molecule has 3 heterocycles. The number of cyclic esters (lactones) is 1. The molecule has 13 nitrogen and oxygen atoms in total. The molecule has 4 aliphatic rings. The number of para-hydroxylation sites is 1. The van der Waals surface area contributed by atoms with Gasteiger partial charge in [-0.3, -0.25) is 19.2 Å². The van der Waals surface area contributed by atoms with Crippen molar-refractivity contribution in [3.63, 3.8) is 0 Å². The van der Waals surface area contributed by atoms with Crippen molar-refractivity contribution < 1.29 is 57.9 Å². The molecule has 3 fully saturated rings. The lowest BCUT2D eigenvalue weighted by molar-refractivity contribution is -0.302. The van der Waals surface area contributed by atoms with E-state index in [1.807, 2.05) is 51.1 Å². The van der Waals surface area contributed by atoms with Gasteiger partial charge in [-0.15, -0.1) is 0 Å². The molecule has 1 aliphatic carbocycles. The first-order valence-corrected chi connectivity index (χ1v) is 22.3. The third-order valence-electron chi connectivity index (χ3n) is 13.5. The molecule has 0 spiro atoms. The van der Waals surface area contributed by atoms with Crippen LogP contribution in [0.5, 0.6) is 5.75 Å². The monoisotopic (exact) mass is 851 g/mol. The van der Waals surface area contributed by atoms with Gasteiger partial charge < -0.3 is 38.8 Å². The zero-order valence-electron chi connectivity index (χ0n) is 37.4. The second-order valence-electron chi connectivity index (χ2n) is 18.2. The quantitative estimate of drug-likeness (QED) is 0.183. The maximum Gasteiger partial charge on any atom is 0.329 e. The summed E-state index contributed by atoms with van der Waals surface area (Å²) in [5, 5.41) is 23.8. The van der Waals surface area contributed by atoms with Crippen LogP contribution in [0.15, 0.2) is 53.6 Å². The third kappa shape index (κ3) is 11.6. The molecular formula is C48H69NO12. The van der Waals surface area contributed by atoms with E-state index in [2.05, 4.69) is 0 Å². The average Bonchev–Trinajstić information content (AvgIpc) is 3.24. The predicted molar refractivity (Wildman–Crippen MR) is 227 cm³/mol. The molecule has 13 atom stereocenters. The average molecular weight is 852 g/mol. The number of aliphatic hydroxyl groups is 2. The summed E-state index contributed by atoms with van der Waals surface area (Å²) in [4.78, 5) is 71.0. The Labute approximate surface area is 361 Å². The number of Topliss-reactive ketones (excluding diaryl/α,β-unsaturated/α-hetero) is 3. The van der Waals surface area contributed by atoms with Gasteiger partial charge in [0.1, 0.15) is 29.8 Å². The second-order valence-corrected chi connectivity index (χ2v) is 18.2. The summed E-state index contributed by atoms with van der Waals surface area (Å²) < 4.78 is 30.4. The Morgan fingerprint density at radius 2 is 1.62 bits per heavy atom. The molecular weight excluding hydrogens is 783 g/mol. The van der Waals surface area contributed by atoms with Gasteiger partial charge in [0.25, 0.3) is 11.7 Å². The number of piperidine rings is 1. The minimum atomic E-state index is -2.52. The van der Waals surface area contributed by atoms with Crippen LogP contribution in [-0.4, -0.2) is 114 Å². The number of ether oxygens (including phenoxy) is 5. The normalized spacial score (nSPS) is 37.0. The van der Waals surface area contributed by atoms with E-state index in [1.54, 1.807) is 32.9 Å². The highest BCUT2D eigenvalue weighted by atomic mass is 16.7. The first-order chi connectivity index (χ1) is 29.0. The van der Waals surface area contributed by atoms with Gasteiger partial charge in [-0.1, -0.05) is 63.6 Å². The van der Waals surface area contributed by atoms with Crippen molar-refractivity contribution in [3.05, 3.63) is 53.6 Å². The fraction of sp³-hybridized carbons (Fsp3) is 0.688. The number of hydrogen-bond donors (Lipinski definition) is 2. The van der Waals surface area contributed by atoms with Crippen molar-refractivity contribution >= 4 is 29.2 Å². The van der Waals surface area contributed by atoms with Crippen molar-refractivity contribution in [2.24, 2.45) is 29.6 Å². The van der Waals surface area contributed by atoms with Crippen LogP contribution in [0.2, 0.25) is 0 Å². The van der Waals surface area contributed by atoms with Gasteiger partial charge in [-0.2, -0.15) is 0 Å². The molecule has 13 heteroatoms. The summed E-state index contributed by atoms with van der Waals surface area (Å²) in [6.07, 6.45) is 3.17. The lowest BCUT2D eigenvalue weighted by atomic mass is 9.82. The number of hydrogen-bond acceptors (Lipinski definition) is 12. The van der Waals surface area contributed by atoms with Crippen LogP contribution < -0.4 is 4.74 Å². The zero-order valence-corrected chi connectivity index (χ0v) is 37.4. The van der Waals surface area contributed by atoms with Crippen LogP contribution in [0.1, 0.15) is 112 Å². The number of benzene rings is 1. The van der Waals surface area contributed by atoms with Crippen molar-refractivity contribution in [1.82, 2.24) is 4.90 Å². The molecule has 5 rings (SSSR count). The Morgan fingerprint density at radius 3 is 2.30 bits per heavy atom. The largest absolute Gasteiger partial charge is 0.483 e. The fourth-order valence-corrected chi connectivity index (χ4v) is 9.78. The van der Waals surface area contributed by atoms with Gasteiger partial charge in [0.2, 0.25) is 5.79 Å². The van der Waals surface area contributed by atoms with Crippen LogP contribution >= 0.6 is 0 Å². The van der Waals surface area contributed by atoms with Crippen molar-refractivity contribution in [1.29, 1.82) is 0 Å². The highest BCUT2D eigenvalue weighted by molar-refractivity contribution is 6.39. The lowest BCUT2D eigenvalue weighted by Crippen LogP contribution is -2.64. The molecule has 338 valence electrons. The number of carbonyl (C=O) groups excluding carboxylic acids is 5. The second kappa shape index (κ2) is 21.6. The first kappa shape index (κ1) is 48.3. The maximum absolute atomic E-state index is 14.4. The Balaban J connectivity index is 1.51. The third-order valence-corrected chi connectivity index (χ3v) is 13.5. The number of allylic oxidation sites excluding steroid dienone is 3. The van der Waals surface area contributed by atoms with Crippen LogP contribution in [0.25, 0.3) is 0 Å². The number of esters is 1. The van der Waals surface area contributed by atoms with E-state index in [0.29, 0.717) is 62.7 Å². The van der Waals surface area contributed by atoms with E-state index >= 15 is 0 Å². The molecule has 1 aromatic carbocycles. The summed E-state index contributed by atoms with van der Waals surface area (Å²) in [6, 6.07) is 7.99. The van der Waals surface area contributed by atoms with Crippen LogP contribution in [0, 0.1) is 29.6 Å². The highest BCUT2D eigenvalue weighted by Crippen LogP contribution is 2.39. The van der Waals surface area contributed by atoms with Crippen LogP contribution in [0.4, 0.5) is 0 Å². The summed E-state index contributed by atoms with van der Waals surface area (Å²) in [5.41, 5.74) is 1.60. The smallest absolute Gasteiger partial charge is 0.329 e. The highest BCUT2D eigenvalue weighted by Gasteiger charge is 2.56. The molecule has 0 aromatic heterocycles.